The van der Waals surface area contributed by atoms with Crippen LogP contribution in [0.2, 0.25) is 0 Å². The van der Waals surface area contributed by atoms with Crippen molar-refractivity contribution in [2.45, 2.75) is 32.2 Å². The Labute approximate surface area is 172 Å². The summed E-state index contributed by atoms with van der Waals surface area (Å²) in [5.74, 6) is 0.602. The van der Waals surface area contributed by atoms with Gasteiger partial charge in [-0.15, -0.1) is 0 Å². The maximum Gasteiger partial charge on any atom is 0.321 e. The van der Waals surface area contributed by atoms with Crippen LogP contribution < -0.4 is 15.4 Å². The average Bonchev–Trinajstić information content (AvgIpc) is 2.78. The van der Waals surface area contributed by atoms with Crippen LogP contribution in [-0.4, -0.2) is 37.0 Å². The van der Waals surface area contributed by atoms with Crippen LogP contribution in [-0.2, 0) is 4.79 Å². The first-order chi connectivity index (χ1) is 14.1. The lowest BCUT2D eigenvalue weighted by molar-refractivity contribution is -0.127. The van der Waals surface area contributed by atoms with Crippen LogP contribution in [0.3, 0.4) is 0 Å². The molecule has 2 unspecified atom stereocenters. The van der Waals surface area contributed by atoms with Crippen molar-refractivity contribution in [1.29, 1.82) is 0 Å². The van der Waals surface area contributed by atoms with Gasteiger partial charge in [-0.1, -0.05) is 37.3 Å². The minimum absolute atomic E-state index is 0.00452. The molecule has 1 fully saturated rings. The van der Waals surface area contributed by atoms with Gasteiger partial charge >= 0.3 is 6.03 Å². The number of ether oxygens (including phenoxy) is 1. The highest BCUT2D eigenvalue weighted by molar-refractivity contribution is 5.90. The van der Waals surface area contributed by atoms with Crippen LogP contribution in [0.15, 0.2) is 54.6 Å². The predicted octanol–water partition coefficient (Wildman–Crippen LogP) is 4.21. The van der Waals surface area contributed by atoms with Crippen molar-refractivity contribution in [1.82, 2.24) is 10.2 Å². The molecule has 1 saturated heterocycles. The van der Waals surface area contributed by atoms with E-state index in [1.807, 2.05) is 54.6 Å². The number of nitrogens with zero attached hydrogens (tertiary/aromatic N) is 1. The standard InChI is InChI=1S/C23H29N3O3/c1-3-21(17-11-13-20(29-2)14-12-17)25-22(27)18-8-7-15-26(16-18)23(28)24-19-9-5-4-6-10-19/h4-6,9-14,18,21H,3,7-8,15-16H2,1-2H3,(H,24,28)(H,25,27). The molecule has 1 aliphatic rings. The topological polar surface area (TPSA) is 70.7 Å². The lowest BCUT2D eigenvalue weighted by atomic mass is 9.96. The summed E-state index contributed by atoms with van der Waals surface area (Å²) in [7, 11) is 1.64. The highest BCUT2D eigenvalue weighted by Crippen LogP contribution is 2.23. The highest BCUT2D eigenvalue weighted by Gasteiger charge is 2.29. The summed E-state index contributed by atoms with van der Waals surface area (Å²) in [6.45, 7) is 3.15. The molecule has 2 atom stereocenters. The van der Waals surface area contributed by atoms with Crippen molar-refractivity contribution < 1.29 is 14.3 Å². The van der Waals surface area contributed by atoms with E-state index >= 15 is 0 Å². The third-order valence-corrected chi connectivity index (χ3v) is 5.35. The van der Waals surface area contributed by atoms with Crippen LogP contribution >= 0.6 is 0 Å². The number of carbonyl (C=O) groups excluding carboxylic acids is 2. The van der Waals surface area contributed by atoms with E-state index in [9.17, 15) is 9.59 Å². The number of para-hydroxylation sites is 1. The maximum absolute atomic E-state index is 12.9. The molecule has 0 aromatic heterocycles. The zero-order valence-corrected chi connectivity index (χ0v) is 17.1. The van der Waals surface area contributed by atoms with E-state index in [2.05, 4.69) is 17.6 Å². The molecule has 0 spiro atoms. The van der Waals surface area contributed by atoms with Crippen molar-refractivity contribution >= 4 is 17.6 Å². The SMILES string of the molecule is CCC(NC(=O)C1CCCN(C(=O)Nc2ccccc2)C1)c1ccc(OC)cc1. The Balaban J connectivity index is 1.58. The number of likely N-dealkylation sites (tertiary alicyclic amines) is 1. The molecule has 2 aromatic rings. The van der Waals surface area contributed by atoms with Gasteiger partial charge in [-0.25, -0.2) is 4.79 Å². The molecule has 0 aliphatic carbocycles. The Kier molecular flexibility index (Phi) is 7.11. The molecule has 6 nitrogen and oxygen atoms in total. The monoisotopic (exact) mass is 395 g/mol. The number of hydrogen-bond donors (Lipinski definition) is 2. The number of hydrogen-bond acceptors (Lipinski definition) is 3. The molecule has 29 heavy (non-hydrogen) atoms. The van der Waals surface area contributed by atoms with Crippen molar-refractivity contribution in [2.75, 3.05) is 25.5 Å². The van der Waals surface area contributed by atoms with Gasteiger partial charge in [-0.05, 0) is 49.1 Å². The number of urea groups is 1. The van der Waals surface area contributed by atoms with Gasteiger partial charge in [-0.3, -0.25) is 4.79 Å². The molecule has 3 amide bonds. The third kappa shape index (κ3) is 5.50. The summed E-state index contributed by atoms with van der Waals surface area (Å²) in [4.78, 5) is 27.2. The Hall–Kier alpha value is -3.02. The fraction of sp³-hybridized carbons (Fsp3) is 0.391. The van der Waals surface area contributed by atoms with Gasteiger partial charge < -0.3 is 20.3 Å². The van der Waals surface area contributed by atoms with E-state index in [0.29, 0.717) is 13.1 Å². The first kappa shape index (κ1) is 20.7. The lowest BCUT2D eigenvalue weighted by Gasteiger charge is -2.33. The largest absolute Gasteiger partial charge is 0.497 e. The number of rotatable bonds is 6. The molecular weight excluding hydrogens is 366 g/mol. The number of anilines is 1. The number of benzene rings is 2. The second kappa shape index (κ2) is 9.96. The second-order valence-corrected chi connectivity index (χ2v) is 7.32. The average molecular weight is 396 g/mol. The van der Waals surface area contributed by atoms with Gasteiger partial charge in [0.15, 0.2) is 0 Å². The predicted molar refractivity (Wildman–Crippen MR) is 114 cm³/mol. The second-order valence-electron chi connectivity index (χ2n) is 7.32. The number of carbonyl (C=O) groups is 2. The molecule has 0 bridgehead atoms. The van der Waals surface area contributed by atoms with Crippen LogP contribution in [0.1, 0.15) is 37.8 Å². The van der Waals surface area contributed by atoms with E-state index in [1.165, 1.54) is 0 Å². The van der Waals surface area contributed by atoms with Crippen molar-refractivity contribution in [2.24, 2.45) is 5.92 Å². The molecule has 0 radical (unpaired) electrons. The van der Waals surface area contributed by atoms with Crippen molar-refractivity contribution in [3.8, 4) is 5.75 Å². The molecule has 0 saturated carbocycles. The van der Waals surface area contributed by atoms with Crippen LogP contribution in [0.25, 0.3) is 0 Å². The van der Waals surface area contributed by atoms with E-state index < -0.39 is 0 Å². The summed E-state index contributed by atoms with van der Waals surface area (Å²) < 4.78 is 5.20. The van der Waals surface area contributed by atoms with E-state index in [4.69, 9.17) is 4.74 Å². The summed E-state index contributed by atoms with van der Waals surface area (Å²) in [5, 5.41) is 6.06. The summed E-state index contributed by atoms with van der Waals surface area (Å²) in [5.41, 5.74) is 1.81. The molecule has 6 heteroatoms. The first-order valence-electron chi connectivity index (χ1n) is 10.2. The van der Waals surface area contributed by atoms with E-state index in [-0.39, 0.29) is 23.9 Å². The van der Waals surface area contributed by atoms with Crippen LogP contribution in [0, 0.1) is 5.92 Å². The molecular formula is C23H29N3O3. The van der Waals surface area contributed by atoms with Gasteiger partial charge in [-0.2, -0.15) is 0 Å². The smallest absolute Gasteiger partial charge is 0.321 e. The number of amides is 3. The molecule has 1 heterocycles. The summed E-state index contributed by atoms with van der Waals surface area (Å²) in [6, 6.07) is 16.9. The quantitative estimate of drug-likeness (QED) is 0.770. The lowest BCUT2D eigenvalue weighted by Crippen LogP contribution is -2.47. The van der Waals surface area contributed by atoms with Gasteiger partial charge in [0.2, 0.25) is 5.91 Å². The van der Waals surface area contributed by atoms with Crippen LogP contribution in [0.4, 0.5) is 10.5 Å². The first-order valence-corrected chi connectivity index (χ1v) is 10.2. The normalized spacial score (nSPS) is 17.3. The Morgan fingerprint density at radius 1 is 1.14 bits per heavy atom. The Morgan fingerprint density at radius 3 is 2.52 bits per heavy atom. The Bertz CT molecular complexity index is 808. The molecule has 2 N–H and O–H groups in total. The van der Waals surface area contributed by atoms with E-state index in [1.54, 1.807) is 12.0 Å². The third-order valence-electron chi connectivity index (χ3n) is 5.35. The fourth-order valence-corrected chi connectivity index (χ4v) is 3.65. The maximum atomic E-state index is 12.9. The zero-order valence-electron chi connectivity index (χ0n) is 17.1. The number of nitrogens with one attached hydrogen (secondary N) is 2. The molecule has 1 aliphatic heterocycles. The molecule has 154 valence electrons. The van der Waals surface area contributed by atoms with E-state index in [0.717, 1.165) is 36.3 Å². The number of methoxy groups -OCH3 is 1. The molecule has 3 rings (SSSR count). The van der Waals surface area contributed by atoms with Gasteiger partial charge in [0.05, 0.1) is 19.1 Å². The Morgan fingerprint density at radius 2 is 1.86 bits per heavy atom. The van der Waals surface area contributed by atoms with Gasteiger partial charge in [0.1, 0.15) is 5.75 Å². The fourth-order valence-electron chi connectivity index (χ4n) is 3.65. The van der Waals surface area contributed by atoms with Crippen molar-refractivity contribution in [3.05, 3.63) is 60.2 Å². The minimum Gasteiger partial charge on any atom is -0.497 e. The highest BCUT2D eigenvalue weighted by atomic mass is 16.5. The number of piperidine rings is 1. The zero-order chi connectivity index (χ0) is 20.6. The summed E-state index contributed by atoms with van der Waals surface area (Å²) in [6.07, 6.45) is 2.41. The minimum atomic E-state index is -0.197. The van der Waals surface area contributed by atoms with Gasteiger partial charge in [0.25, 0.3) is 0 Å². The summed E-state index contributed by atoms with van der Waals surface area (Å²) >= 11 is 0. The van der Waals surface area contributed by atoms with Crippen LogP contribution in [0.5, 0.6) is 5.75 Å². The van der Waals surface area contributed by atoms with Crippen molar-refractivity contribution in [3.63, 3.8) is 0 Å². The molecule has 2 aromatic carbocycles. The van der Waals surface area contributed by atoms with Gasteiger partial charge in [0, 0.05) is 18.8 Å².